The number of nitrogens with zero attached hydrogens (tertiary/aromatic N) is 1. The molecule has 0 saturated heterocycles. The largest absolute Gasteiger partial charge is 0.477 e. The van der Waals surface area contributed by atoms with Crippen molar-refractivity contribution in [2.75, 3.05) is 0 Å². The normalized spacial score (nSPS) is 10.0. The predicted molar refractivity (Wildman–Crippen MR) is 43.7 cm³/mol. The van der Waals surface area contributed by atoms with Crippen LogP contribution in [0.2, 0.25) is 0 Å². The summed E-state index contributed by atoms with van der Waals surface area (Å²) in [6.45, 7) is 0. The van der Waals surface area contributed by atoms with Gasteiger partial charge >= 0.3 is 5.97 Å². The van der Waals surface area contributed by atoms with Crippen molar-refractivity contribution in [1.29, 1.82) is 5.26 Å². The molecule has 0 amide bonds. The van der Waals surface area contributed by atoms with Crippen LogP contribution in [0.5, 0.6) is 0 Å². The molecule has 0 aliphatic heterocycles. The quantitative estimate of drug-likeness (QED) is 0.764. The van der Waals surface area contributed by atoms with Crippen molar-refractivity contribution >= 4 is 5.97 Å². The van der Waals surface area contributed by atoms with E-state index in [1.54, 1.807) is 4.98 Å². The van der Waals surface area contributed by atoms with Crippen LogP contribution in [0.1, 0.15) is 28.0 Å². The van der Waals surface area contributed by atoms with Crippen molar-refractivity contribution in [2.45, 2.75) is 6.43 Å². The van der Waals surface area contributed by atoms with Crippen LogP contribution in [-0.4, -0.2) is 16.1 Å². The number of alkyl halides is 2. The Bertz CT molecular complexity index is 502. The van der Waals surface area contributed by atoms with Gasteiger partial charge in [-0.3, -0.25) is 4.79 Å². The summed E-state index contributed by atoms with van der Waals surface area (Å²) < 4.78 is 24.4. The van der Waals surface area contributed by atoms with Crippen molar-refractivity contribution in [3.63, 3.8) is 0 Å². The van der Waals surface area contributed by atoms with Crippen LogP contribution < -0.4 is 5.56 Å². The Kier molecular flexibility index (Phi) is 2.80. The van der Waals surface area contributed by atoms with E-state index in [4.69, 9.17) is 10.4 Å². The van der Waals surface area contributed by atoms with Gasteiger partial charge in [-0.25, -0.2) is 13.6 Å². The lowest BCUT2D eigenvalue weighted by molar-refractivity contribution is 0.0689. The number of nitriles is 1. The van der Waals surface area contributed by atoms with Crippen molar-refractivity contribution in [3.8, 4) is 6.07 Å². The van der Waals surface area contributed by atoms with Gasteiger partial charge in [0.15, 0.2) is 0 Å². The van der Waals surface area contributed by atoms with E-state index in [2.05, 4.69) is 0 Å². The van der Waals surface area contributed by atoms with E-state index >= 15 is 0 Å². The molecule has 7 heteroatoms. The predicted octanol–water partition coefficient (Wildman–Crippen LogP) is 0.882. The first-order valence-electron chi connectivity index (χ1n) is 3.66. The average Bonchev–Trinajstić information content (AvgIpc) is 2.16. The van der Waals surface area contributed by atoms with E-state index in [1.165, 1.54) is 6.07 Å². The first-order valence-corrected chi connectivity index (χ1v) is 3.66. The van der Waals surface area contributed by atoms with Crippen molar-refractivity contribution in [3.05, 3.63) is 33.2 Å². The molecule has 0 aromatic carbocycles. The van der Waals surface area contributed by atoms with E-state index in [0.717, 1.165) is 0 Å². The number of carbonyl (C=O) groups is 1. The van der Waals surface area contributed by atoms with Gasteiger partial charge in [0.2, 0.25) is 0 Å². The highest BCUT2D eigenvalue weighted by Gasteiger charge is 2.18. The molecule has 5 nitrogen and oxygen atoms in total. The first-order chi connectivity index (χ1) is 6.97. The van der Waals surface area contributed by atoms with Gasteiger partial charge in [0.1, 0.15) is 11.8 Å². The van der Waals surface area contributed by atoms with Crippen molar-refractivity contribution < 1.29 is 18.7 Å². The Morgan fingerprint density at radius 3 is 2.60 bits per heavy atom. The van der Waals surface area contributed by atoms with Gasteiger partial charge in [-0.1, -0.05) is 0 Å². The zero-order valence-electron chi connectivity index (χ0n) is 7.12. The minimum absolute atomic E-state index is 0.502. The molecule has 2 N–H and O–H groups in total. The summed E-state index contributed by atoms with van der Waals surface area (Å²) in [5.74, 6) is -1.55. The minimum atomic E-state index is -3.05. The monoisotopic (exact) mass is 214 g/mol. The number of halogens is 2. The Hall–Kier alpha value is -2.23. The number of pyridine rings is 1. The van der Waals surface area contributed by atoms with Crippen molar-refractivity contribution in [2.24, 2.45) is 0 Å². The topological polar surface area (TPSA) is 94.0 Å². The maximum absolute atomic E-state index is 12.2. The molecular formula is C8H4F2N2O3. The number of nitrogens with one attached hydrogen (secondary N) is 1. The fraction of sp³-hybridized carbons (Fsp3) is 0.125. The van der Waals surface area contributed by atoms with Crippen LogP contribution in [0.4, 0.5) is 8.78 Å². The number of carboxylic acids is 1. The van der Waals surface area contributed by atoms with Crippen LogP contribution >= 0.6 is 0 Å². The summed E-state index contributed by atoms with van der Waals surface area (Å²) in [6.07, 6.45) is -3.05. The fourth-order valence-electron chi connectivity index (χ4n) is 0.965. The molecule has 1 heterocycles. The summed E-state index contributed by atoms with van der Waals surface area (Å²) in [7, 11) is 0. The smallest absolute Gasteiger partial charge is 0.353 e. The van der Waals surface area contributed by atoms with E-state index in [-0.39, 0.29) is 0 Å². The molecule has 0 spiro atoms. The number of H-pyrrole nitrogens is 1. The molecular weight excluding hydrogens is 210 g/mol. The Balaban J connectivity index is 3.51. The zero-order chi connectivity index (χ0) is 11.6. The molecule has 0 unspecified atom stereocenters. The van der Waals surface area contributed by atoms with Crippen LogP contribution in [-0.2, 0) is 0 Å². The second-order valence-corrected chi connectivity index (χ2v) is 2.56. The first kappa shape index (κ1) is 10.8. The highest BCUT2D eigenvalue weighted by molar-refractivity contribution is 5.88. The molecule has 15 heavy (non-hydrogen) atoms. The summed E-state index contributed by atoms with van der Waals surface area (Å²) in [4.78, 5) is 23.2. The molecule has 0 saturated carbocycles. The van der Waals surface area contributed by atoms with Crippen LogP contribution in [0.25, 0.3) is 0 Å². The fourth-order valence-corrected chi connectivity index (χ4v) is 0.965. The summed E-state index contributed by atoms with van der Waals surface area (Å²) >= 11 is 0. The van der Waals surface area contributed by atoms with E-state index in [0.29, 0.717) is 6.07 Å². The highest BCUT2D eigenvalue weighted by Crippen LogP contribution is 2.16. The van der Waals surface area contributed by atoms with Gasteiger partial charge in [0.05, 0.1) is 11.1 Å². The Labute approximate surface area is 81.6 Å². The molecule has 0 atom stereocenters. The number of hydrogen-bond donors (Lipinski definition) is 2. The summed E-state index contributed by atoms with van der Waals surface area (Å²) in [6, 6.07) is 1.99. The Morgan fingerprint density at radius 1 is 1.60 bits per heavy atom. The minimum Gasteiger partial charge on any atom is -0.477 e. The van der Waals surface area contributed by atoms with Crippen LogP contribution in [0, 0.1) is 11.3 Å². The van der Waals surface area contributed by atoms with Gasteiger partial charge < -0.3 is 10.1 Å². The summed E-state index contributed by atoms with van der Waals surface area (Å²) in [5.41, 5.74) is -3.32. The number of carboxylic acid groups (broad SMARTS) is 1. The average molecular weight is 214 g/mol. The number of hydrogen-bond acceptors (Lipinski definition) is 3. The second kappa shape index (κ2) is 3.88. The van der Waals surface area contributed by atoms with Gasteiger partial charge in [0, 0.05) is 0 Å². The molecule has 0 bridgehead atoms. The third kappa shape index (κ3) is 1.99. The third-order valence-corrected chi connectivity index (χ3v) is 1.64. The van der Waals surface area contributed by atoms with Crippen LogP contribution in [0.15, 0.2) is 10.9 Å². The Morgan fingerprint density at radius 2 is 2.20 bits per heavy atom. The summed E-state index contributed by atoms with van der Waals surface area (Å²) in [5, 5.41) is 17.0. The maximum Gasteiger partial charge on any atom is 0.353 e. The molecule has 78 valence electrons. The van der Waals surface area contributed by atoms with Gasteiger partial charge in [-0.2, -0.15) is 5.26 Å². The third-order valence-electron chi connectivity index (χ3n) is 1.64. The lowest BCUT2D eigenvalue weighted by atomic mass is 10.1. The van der Waals surface area contributed by atoms with E-state index < -0.39 is 34.8 Å². The SMILES string of the molecule is N#Cc1cc(C(F)F)c(=O)[nH]c1C(=O)O. The molecule has 1 aromatic heterocycles. The molecule has 0 fully saturated rings. The molecule has 1 aromatic rings. The molecule has 1 rings (SSSR count). The standard InChI is InChI=1S/C8H4F2N2O3/c9-6(10)4-1-3(2-11)5(8(14)15)12-7(4)13/h1,6H,(H,12,13)(H,14,15). The highest BCUT2D eigenvalue weighted by atomic mass is 19.3. The number of aromatic nitrogens is 1. The lowest BCUT2D eigenvalue weighted by Gasteiger charge is -2.01. The molecule has 0 radical (unpaired) electrons. The van der Waals surface area contributed by atoms with Gasteiger partial charge in [-0.05, 0) is 6.07 Å². The lowest BCUT2D eigenvalue weighted by Crippen LogP contribution is -2.19. The zero-order valence-corrected chi connectivity index (χ0v) is 7.12. The number of aromatic amines is 1. The van der Waals surface area contributed by atoms with Crippen molar-refractivity contribution in [1.82, 2.24) is 4.98 Å². The van der Waals surface area contributed by atoms with E-state index in [9.17, 15) is 18.4 Å². The van der Waals surface area contributed by atoms with E-state index in [1.807, 2.05) is 0 Å². The number of rotatable bonds is 2. The molecule has 0 aliphatic rings. The number of aromatic carboxylic acids is 1. The second-order valence-electron chi connectivity index (χ2n) is 2.56. The van der Waals surface area contributed by atoms with Crippen LogP contribution in [0.3, 0.4) is 0 Å². The van der Waals surface area contributed by atoms with Gasteiger partial charge in [-0.15, -0.1) is 0 Å². The van der Waals surface area contributed by atoms with Gasteiger partial charge in [0.25, 0.3) is 12.0 Å². The maximum atomic E-state index is 12.2. The molecule has 0 aliphatic carbocycles.